The fourth-order valence-corrected chi connectivity index (χ4v) is 2.82. The van der Waals surface area contributed by atoms with Crippen molar-refractivity contribution in [3.05, 3.63) is 53.6 Å². The molecule has 74 valence electrons. The van der Waals surface area contributed by atoms with Gasteiger partial charge in [-0.2, -0.15) is 0 Å². The lowest BCUT2D eigenvalue weighted by Crippen LogP contribution is -1.94. The molecule has 0 saturated heterocycles. The van der Waals surface area contributed by atoms with E-state index in [2.05, 4.69) is 49.1 Å². The Morgan fingerprint density at radius 2 is 1.73 bits per heavy atom. The molecule has 0 N–H and O–H groups in total. The third-order valence-corrected chi connectivity index (χ3v) is 3.98. The van der Waals surface area contributed by atoms with E-state index in [9.17, 15) is 0 Å². The summed E-state index contributed by atoms with van der Waals surface area (Å²) in [5, 5.41) is 1.46. The average Bonchev–Trinajstić information content (AvgIpc) is 2.66. The van der Waals surface area contributed by atoms with Crippen molar-refractivity contribution in [1.29, 1.82) is 0 Å². The summed E-state index contributed by atoms with van der Waals surface area (Å²) in [5.41, 5.74) is 5.85. The molecule has 0 amide bonds. The van der Waals surface area contributed by atoms with Crippen LogP contribution in [0.3, 0.4) is 0 Å². The van der Waals surface area contributed by atoms with E-state index < -0.39 is 0 Å². The van der Waals surface area contributed by atoms with Crippen LogP contribution in [-0.2, 0) is 6.42 Å². The third kappa shape index (κ3) is 1.41. The highest BCUT2D eigenvalue weighted by molar-refractivity contribution is 7.46. The van der Waals surface area contributed by atoms with Gasteiger partial charge in [-0.05, 0) is 46.7 Å². The summed E-state index contributed by atoms with van der Waals surface area (Å²) in [6.07, 6.45) is 1.11. The van der Waals surface area contributed by atoms with E-state index in [1.807, 2.05) is 0 Å². The number of hydrogen-bond acceptors (Lipinski definition) is 0. The monoisotopic (exact) mass is 212 g/mol. The van der Waals surface area contributed by atoms with E-state index in [0.717, 1.165) is 15.0 Å². The van der Waals surface area contributed by atoms with Crippen molar-refractivity contribution >= 4 is 13.9 Å². The zero-order valence-electron chi connectivity index (χ0n) is 8.75. The van der Waals surface area contributed by atoms with Crippen molar-refractivity contribution in [2.24, 2.45) is 0 Å². The van der Waals surface area contributed by atoms with Gasteiger partial charge in [0.15, 0.2) is 0 Å². The molecule has 3 rings (SSSR count). The van der Waals surface area contributed by atoms with Crippen molar-refractivity contribution in [3.63, 3.8) is 0 Å². The molecule has 0 heterocycles. The molecule has 0 bridgehead atoms. The predicted molar refractivity (Wildman–Crippen MR) is 68.6 cm³/mol. The van der Waals surface area contributed by atoms with E-state index in [-0.39, 0.29) is 0 Å². The standard InChI is InChI=1S/C14H13P/c1-15-12-7-6-11-8-10-4-2-3-5-13(10)14(11)9-12/h2-7,9,15H,8H2,1H3. The van der Waals surface area contributed by atoms with Crippen LogP contribution >= 0.6 is 8.58 Å². The van der Waals surface area contributed by atoms with Gasteiger partial charge in [-0.15, -0.1) is 0 Å². The van der Waals surface area contributed by atoms with Crippen LogP contribution in [0.1, 0.15) is 11.1 Å². The number of fused-ring (bicyclic) bond motifs is 3. The summed E-state index contributed by atoms with van der Waals surface area (Å²) in [5.74, 6) is 0. The second-order valence-corrected chi connectivity index (χ2v) is 5.03. The zero-order valence-corrected chi connectivity index (χ0v) is 9.75. The molecule has 0 aromatic heterocycles. The first-order valence-corrected chi connectivity index (χ1v) is 6.77. The van der Waals surface area contributed by atoms with Crippen LogP contribution in [0, 0.1) is 0 Å². The topological polar surface area (TPSA) is 0 Å². The van der Waals surface area contributed by atoms with Gasteiger partial charge >= 0.3 is 0 Å². The molecule has 1 heteroatoms. The number of benzene rings is 2. The summed E-state index contributed by atoms with van der Waals surface area (Å²) in [4.78, 5) is 0. The van der Waals surface area contributed by atoms with E-state index in [0.29, 0.717) is 0 Å². The summed E-state index contributed by atoms with van der Waals surface area (Å²) < 4.78 is 0. The largest absolute Gasteiger partial charge is 0.0936 e. The normalized spacial score (nSPS) is 13.1. The molecule has 0 spiro atoms. The minimum atomic E-state index is 0.891. The Labute approximate surface area is 92.1 Å². The molecule has 2 aromatic rings. The summed E-state index contributed by atoms with van der Waals surface area (Å²) >= 11 is 0. The summed E-state index contributed by atoms with van der Waals surface area (Å²) in [7, 11) is 0.891. The Morgan fingerprint density at radius 3 is 2.60 bits per heavy atom. The molecule has 0 fully saturated rings. The fourth-order valence-electron chi connectivity index (χ4n) is 2.28. The van der Waals surface area contributed by atoms with E-state index in [1.54, 1.807) is 0 Å². The van der Waals surface area contributed by atoms with E-state index >= 15 is 0 Å². The van der Waals surface area contributed by atoms with Gasteiger partial charge in [-0.1, -0.05) is 45.0 Å². The van der Waals surface area contributed by atoms with Crippen LogP contribution in [0.25, 0.3) is 11.1 Å². The van der Waals surface area contributed by atoms with Crippen LogP contribution in [0.4, 0.5) is 0 Å². The first-order valence-electron chi connectivity index (χ1n) is 5.27. The van der Waals surface area contributed by atoms with Crippen LogP contribution in [-0.4, -0.2) is 6.66 Å². The van der Waals surface area contributed by atoms with E-state index in [1.165, 1.54) is 27.6 Å². The molecule has 1 atom stereocenters. The second kappa shape index (κ2) is 3.47. The Bertz CT molecular complexity index is 514. The maximum Gasteiger partial charge on any atom is -0.00134 e. The predicted octanol–water partition coefficient (Wildman–Crippen LogP) is 3.19. The van der Waals surface area contributed by atoms with Gasteiger partial charge < -0.3 is 0 Å². The first kappa shape index (κ1) is 9.12. The number of rotatable bonds is 1. The molecule has 15 heavy (non-hydrogen) atoms. The molecule has 1 aliphatic rings. The van der Waals surface area contributed by atoms with Crippen molar-refractivity contribution in [1.82, 2.24) is 0 Å². The second-order valence-electron chi connectivity index (χ2n) is 3.96. The van der Waals surface area contributed by atoms with Crippen molar-refractivity contribution in [2.75, 3.05) is 6.66 Å². The summed E-state index contributed by atoms with van der Waals surface area (Å²) in [6.45, 7) is 2.24. The van der Waals surface area contributed by atoms with Gasteiger partial charge in [0, 0.05) is 0 Å². The molecular formula is C14H13P. The van der Waals surface area contributed by atoms with Gasteiger partial charge in [0.1, 0.15) is 0 Å². The Morgan fingerprint density at radius 1 is 0.933 bits per heavy atom. The minimum Gasteiger partial charge on any atom is -0.0936 e. The maximum absolute atomic E-state index is 2.36. The summed E-state index contributed by atoms with van der Waals surface area (Å²) in [6, 6.07) is 15.7. The van der Waals surface area contributed by atoms with Gasteiger partial charge in [-0.25, -0.2) is 0 Å². The minimum absolute atomic E-state index is 0.891. The quantitative estimate of drug-likeness (QED) is 0.543. The van der Waals surface area contributed by atoms with Gasteiger partial charge in [0.25, 0.3) is 0 Å². The lowest BCUT2D eigenvalue weighted by Gasteiger charge is -2.03. The highest BCUT2D eigenvalue weighted by atomic mass is 31.1. The average molecular weight is 212 g/mol. The third-order valence-electron chi connectivity index (χ3n) is 3.09. The molecular weight excluding hydrogens is 199 g/mol. The molecule has 0 aliphatic heterocycles. The van der Waals surface area contributed by atoms with E-state index in [4.69, 9.17) is 0 Å². The van der Waals surface area contributed by atoms with Crippen LogP contribution in [0.5, 0.6) is 0 Å². The van der Waals surface area contributed by atoms with Crippen LogP contribution in [0.2, 0.25) is 0 Å². The maximum atomic E-state index is 2.36. The Balaban J connectivity index is 2.22. The molecule has 0 radical (unpaired) electrons. The Kier molecular flexibility index (Phi) is 2.11. The van der Waals surface area contributed by atoms with Crippen LogP contribution in [0.15, 0.2) is 42.5 Å². The van der Waals surface area contributed by atoms with Crippen molar-refractivity contribution in [2.45, 2.75) is 6.42 Å². The van der Waals surface area contributed by atoms with Gasteiger partial charge in [-0.3, -0.25) is 0 Å². The smallest absolute Gasteiger partial charge is 0.00134 e. The van der Waals surface area contributed by atoms with Gasteiger partial charge in [0.2, 0.25) is 0 Å². The lowest BCUT2D eigenvalue weighted by atomic mass is 10.1. The molecule has 0 nitrogen and oxygen atoms in total. The molecule has 2 aromatic carbocycles. The van der Waals surface area contributed by atoms with Gasteiger partial charge in [0.05, 0.1) is 0 Å². The van der Waals surface area contributed by atoms with Crippen LogP contribution < -0.4 is 5.30 Å². The first-order chi connectivity index (χ1) is 7.38. The zero-order chi connectivity index (χ0) is 10.3. The molecule has 1 unspecified atom stereocenters. The Hall–Kier alpha value is -1.13. The highest BCUT2D eigenvalue weighted by Crippen LogP contribution is 2.36. The fraction of sp³-hybridized carbons (Fsp3) is 0.143. The van der Waals surface area contributed by atoms with Crippen molar-refractivity contribution in [3.8, 4) is 11.1 Å². The van der Waals surface area contributed by atoms with Crippen molar-refractivity contribution < 1.29 is 0 Å². The lowest BCUT2D eigenvalue weighted by molar-refractivity contribution is 1.26. The SMILES string of the molecule is CPc1ccc2c(c1)-c1ccccc1C2. The molecule has 0 saturated carbocycles. The molecule has 1 aliphatic carbocycles. The highest BCUT2D eigenvalue weighted by Gasteiger charge is 2.17. The number of hydrogen-bond donors (Lipinski definition) is 0.